The van der Waals surface area contributed by atoms with Gasteiger partial charge in [-0.1, -0.05) is 18.2 Å². The van der Waals surface area contributed by atoms with E-state index in [0.717, 1.165) is 4.90 Å². The Balaban J connectivity index is 2.27. The van der Waals surface area contributed by atoms with Gasteiger partial charge in [0.05, 0.1) is 18.5 Å². The number of carboxylic acids is 1. The molecular formula is C12H11FN2O3. The zero-order valence-electron chi connectivity index (χ0n) is 9.39. The number of carboxylic acid groups (broad SMARTS) is 1. The molecule has 0 radical (unpaired) electrons. The average molecular weight is 250 g/mol. The van der Waals surface area contributed by atoms with Gasteiger partial charge >= 0.3 is 5.97 Å². The summed E-state index contributed by atoms with van der Waals surface area (Å²) >= 11 is 0. The van der Waals surface area contributed by atoms with E-state index in [4.69, 9.17) is 10.8 Å². The van der Waals surface area contributed by atoms with Gasteiger partial charge in [0, 0.05) is 5.56 Å². The van der Waals surface area contributed by atoms with Crippen molar-refractivity contribution in [3.63, 3.8) is 0 Å². The molecule has 1 aromatic rings. The number of nitrogens with zero attached hydrogens (tertiary/aromatic N) is 1. The highest BCUT2D eigenvalue weighted by Gasteiger charge is 2.32. The highest BCUT2D eigenvalue weighted by atomic mass is 19.1. The fourth-order valence-corrected chi connectivity index (χ4v) is 1.79. The standard InChI is InChI=1S/C12H11FN2O3/c13-9-4-2-1-3-7(9)6-15-10(16)5-8(11(15)14)12(17)18/h1-4H,5-6,14H2,(H,17,18). The predicted molar refractivity (Wildman–Crippen MR) is 60.4 cm³/mol. The second-order valence-electron chi connectivity index (χ2n) is 3.92. The Hall–Kier alpha value is -2.37. The first-order valence-electron chi connectivity index (χ1n) is 5.26. The molecule has 5 nitrogen and oxygen atoms in total. The maximum atomic E-state index is 13.4. The number of hydrogen-bond acceptors (Lipinski definition) is 3. The highest BCUT2D eigenvalue weighted by Crippen LogP contribution is 2.23. The molecule has 0 aromatic heterocycles. The largest absolute Gasteiger partial charge is 0.478 e. The first-order chi connectivity index (χ1) is 8.50. The molecule has 1 heterocycles. The number of amides is 1. The van der Waals surface area contributed by atoms with Crippen molar-refractivity contribution in [2.24, 2.45) is 5.73 Å². The summed E-state index contributed by atoms with van der Waals surface area (Å²) in [5.74, 6) is -2.23. The van der Waals surface area contributed by atoms with Crippen molar-refractivity contribution in [1.29, 1.82) is 0 Å². The van der Waals surface area contributed by atoms with Crippen molar-refractivity contribution in [1.82, 2.24) is 4.90 Å². The zero-order chi connectivity index (χ0) is 13.3. The molecule has 3 N–H and O–H groups in total. The van der Waals surface area contributed by atoms with E-state index >= 15 is 0 Å². The average Bonchev–Trinajstić information content (AvgIpc) is 2.60. The van der Waals surface area contributed by atoms with Crippen molar-refractivity contribution in [3.05, 3.63) is 47.0 Å². The van der Waals surface area contributed by atoms with E-state index in [1.165, 1.54) is 18.2 Å². The van der Waals surface area contributed by atoms with Gasteiger partial charge in [0.1, 0.15) is 11.6 Å². The third-order valence-electron chi connectivity index (χ3n) is 2.77. The normalized spacial score (nSPS) is 15.4. The molecular weight excluding hydrogens is 239 g/mol. The Labute approximate surface area is 102 Å². The summed E-state index contributed by atoms with van der Waals surface area (Å²) in [5.41, 5.74) is 5.74. The number of carbonyl (C=O) groups excluding carboxylic acids is 1. The first-order valence-corrected chi connectivity index (χ1v) is 5.26. The molecule has 1 aromatic carbocycles. The number of nitrogens with two attached hydrogens (primary N) is 1. The number of aliphatic carboxylic acids is 1. The van der Waals surface area contributed by atoms with Gasteiger partial charge < -0.3 is 10.8 Å². The third-order valence-corrected chi connectivity index (χ3v) is 2.77. The minimum atomic E-state index is -1.23. The smallest absolute Gasteiger partial charge is 0.335 e. The van der Waals surface area contributed by atoms with Crippen LogP contribution in [0.4, 0.5) is 4.39 Å². The Kier molecular flexibility index (Phi) is 3.01. The summed E-state index contributed by atoms with van der Waals surface area (Å²) < 4.78 is 13.4. The van der Waals surface area contributed by atoms with Crippen molar-refractivity contribution in [3.8, 4) is 0 Å². The molecule has 0 spiro atoms. The van der Waals surface area contributed by atoms with Crippen LogP contribution >= 0.6 is 0 Å². The lowest BCUT2D eigenvalue weighted by Gasteiger charge is -2.17. The topological polar surface area (TPSA) is 83.6 Å². The van der Waals surface area contributed by atoms with Crippen LogP contribution in [0, 0.1) is 5.82 Å². The molecule has 0 atom stereocenters. The lowest BCUT2D eigenvalue weighted by molar-refractivity contribution is -0.134. The molecule has 6 heteroatoms. The van der Waals surface area contributed by atoms with Gasteiger partial charge in [-0.15, -0.1) is 0 Å². The van der Waals surface area contributed by atoms with Crippen molar-refractivity contribution in [2.75, 3.05) is 0 Å². The van der Waals surface area contributed by atoms with Gasteiger partial charge in [0.2, 0.25) is 5.91 Å². The van der Waals surface area contributed by atoms with E-state index in [-0.39, 0.29) is 24.4 Å². The molecule has 2 rings (SSSR count). The van der Waals surface area contributed by atoms with E-state index < -0.39 is 17.7 Å². The Morgan fingerprint density at radius 1 is 1.44 bits per heavy atom. The van der Waals surface area contributed by atoms with E-state index in [2.05, 4.69) is 0 Å². The lowest BCUT2D eigenvalue weighted by atomic mass is 10.2. The van der Waals surface area contributed by atoms with Crippen molar-refractivity contribution >= 4 is 11.9 Å². The molecule has 1 aliphatic rings. The summed E-state index contributed by atoms with van der Waals surface area (Å²) in [6.07, 6.45) is -0.254. The highest BCUT2D eigenvalue weighted by molar-refractivity contribution is 5.98. The maximum Gasteiger partial charge on any atom is 0.335 e. The number of rotatable bonds is 3. The maximum absolute atomic E-state index is 13.4. The number of hydrogen-bond donors (Lipinski definition) is 2. The molecule has 0 fully saturated rings. The van der Waals surface area contributed by atoms with Gasteiger partial charge in [-0.25, -0.2) is 9.18 Å². The summed E-state index contributed by atoms with van der Waals surface area (Å²) in [4.78, 5) is 23.6. The molecule has 0 bridgehead atoms. The summed E-state index contributed by atoms with van der Waals surface area (Å²) in [5, 5.41) is 8.85. The number of halogens is 1. The fraction of sp³-hybridized carbons (Fsp3) is 0.167. The summed E-state index contributed by atoms with van der Waals surface area (Å²) in [6.45, 7) is -0.0614. The van der Waals surface area contributed by atoms with E-state index in [9.17, 15) is 14.0 Å². The van der Waals surface area contributed by atoms with E-state index in [1.54, 1.807) is 6.07 Å². The van der Waals surface area contributed by atoms with Gasteiger partial charge in [-0.2, -0.15) is 0 Å². The van der Waals surface area contributed by atoms with Crippen LogP contribution in [0.2, 0.25) is 0 Å². The molecule has 0 saturated heterocycles. The van der Waals surface area contributed by atoms with Gasteiger partial charge in [-0.3, -0.25) is 9.69 Å². The van der Waals surface area contributed by atoms with E-state index in [1.807, 2.05) is 0 Å². The minimum absolute atomic E-state index is 0.0614. The molecule has 94 valence electrons. The van der Waals surface area contributed by atoms with Crippen LogP contribution in [0.1, 0.15) is 12.0 Å². The SMILES string of the molecule is NC1=C(C(=O)O)CC(=O)N1Cc1ccccc1F. The van der Waals surface area contributed by atoms with Gasteiger partial charge in [0.15, 0.2) is 0 Å². The summed E-state index contributed by atoms with van der Waals surface area (Å²) in [6, 6.07) is 5.96. The van der Waals surface area contributed by atoms with Gasteiger partial charge in [-0.05, 0) is 6.07 Å². The van der Waals surface area contributed by atoms with Crippen LogP contribution in [-0.2, 0) is 16.1 Å². The molecule has 1 aliphatic heterocycles. The zero-order valence-corrected chi connectivity index (χ0v) is 9.39. The second kappa shape index (κ2) is 4.48. The van der Waals surface area contributed by atoms with Crippen LogP contribution in [0.15, 0.2) is 35.7 Å². The van der Waals surface area contributed by atoms with Crippen LogP contribution < -0.4 is 5.73 Å². The summed E-state index contributed by atoms with van der Waals surface area (Å²) in [7, 11) is 0. The monoisotopic (exact) mass is 250 g/mol. The Bertz CT molecular complexity index is 554. The molecule has 1 amide bonds. The first kappa shape index (κ1) is 12.1. The third kappa shape index (κ3) is 2.04. The molecule has 0 unspecified atom stereocenters. The van der Waals surface area contributed by atoms with Crippen LogP contribution in [-0.4, -0.2) is 21.9 Å². The number of carbonyl (C=O) groups is 2. The molecule has 18 heavy (non-hydrogen) atoms. The minimum Gasteiger partial charge on any atom is -0.478 e. The van der Waals surface area contributed by atoms with Crippen LogP contribution in [0.25, 0.3) is 0 Å². The molecule has 0 aliphatic carbocycles. The van der Waals surface area contributed by atoms with Crippen molar-refractivity contribution < 1.29 is 19.1 Å². The van der Waals surface area contributed by atoms with Gasteiger partial charge in [0.25, 0.3) is 0 Å². The van der Waals surface area contributed by atoms with Crippen LogP contribution in [0.5, 0.6) is 0 Å². The Morgan fingerprint density at radius 2 is 2.11 bits per heavy atom. The quantitative estimate of drug-likeness (QED) is 0.831. The lowest BCUT2D eigenvalue weighted by Crippen LogP contribution is -2.29. The predicted octanol–water partition coefficient (Wildman–Crippen LogP) is 0.813. The van der Waals surface area contributed by atoms with Crippen LogP contribution in [0.3, 0.4) is 0 Å². The second-order valence-corrected chi connectivity index (χ2v) is 3.92. The van der Waals surface area contributed by atoms with Crippen molar-refractivity contribution in [2.45, 2.75) is 13.0 Å². The Morgan fingerprint density at radius 3 is 2.67 bits per heavy atom. The number of benzene rings is 1. The fourth-order valence-electron chi connectivity index (χ4n) is 1.79. The molecule has 0 saturated carbocycles. The van der Waals surface area contributed by atoms with E-state index in [0.29, 0.717) is 5.56 Å².